The van der Waals surface area contributed by atoms with Crippen molar-refractivity contribution in [3.63, 3.8) is 0 Å². The molecule has 0 spiro atoms. The van der Waals surface area contributed by atoms with Crippen LogP contribution >= 0.6 is 0 Å². The number of hydrogen-bond acceptors (Lipinski definition) is 6. The van der Waals surface area contributed by atoms with Gasteiger partial charge in [-0.15, -0.1) is 0 Å². The molecule has 0 unspecified atom stereocenters. The number of ether oxygens (including phenoxy) is 1. The molecule has 2 amide bonds. The van der Waals surface area contributed by atoms with Gasteiger partial charge in [-0.2, -0.15) is 4.98 Å². The van der Waals surface area contributed by atoms with Crippen LogP contribution in [0.1, 0.15) is 44.1 Å². The van der Waals surface area contributed by atoms with Crippen LogP contribution in [0.5, 0.6) is 0 Å². The summed E-state index contributed by atoms with van der Waals surface area (Å²) < 4.78 is 11.1. The Labute approximate surface area is 159 Å². The Bertz CT molecular complexity index is 719. The Balaban J connectivity index is 1.43. The van der Waals surface area contributed by atoms with E-state index in [0.29, 0.717) is 30.8 Å². The number of nitrogens with one attached hydrogen (secondary N) is 1. The van der Waals surface area contributed by atoms with Gasteiger partial charge in [0.05, 0.1) is 24.9 Å². The van der Waals surface area contributed by atoms with E-state index in [2.05, 4.69) is 34.3 Å². The molecule has 1 N–H and O–H groups in total. The van der Waals surface area contributed by atoms with Gasteiger partial charge in [-0.1, -0.05) is 25.1 Å². The van der Waals surface area contributed by atoms with E-state index < -0.39 is 0 Å². The lowest BCUT2D eigenvalue weighted by Crippen LogP contribution is -2.47. The Morgan fingerprint density at radius 3 is 3.11 bits per heavy atom. The SMILES string of the molecule is CC(C)Cc1nc(CNC(=O)N2CCC[C@H](OCc3ccccn3)C2)no1. The number of nitrogens with zero attached hydrogens (tertiary/aromatic N) is 4. The van der Waals surface area contributed by atoms with Gasteiger partial charge in [-0.25, -0.2) is 4.79 Å². The largest absolute Gasteiger partial charge is 0.370 e. The molecule has 27 heavy (non-hydrogen) atoms. The van der Waals surface area contributed by atoms with E-state index in [4.69, 9.17) is 9.26 Å². The van der Waals surface area contributed by atoms with Gasteiger partial charge in [-0.3, -0.25) is 4.98 Å². The molecule has 3 rings (SSSR count). The molecule has 0 radical (unpaired) electrons. The summed E-state index contributed by atoms with van der Waals surface area (Å²) in [5, 5.41) is 6.78. The molecule has 8 nitrogen and oxygen atoms in total. The second-order valence-electron chi connectivity index (χ2n) is 7.20. The Hall–Kier alpha value is -2.48. The summed E-state index contributed by atoms with van der Waals surface area (Å²) in [5.41, 5.74) is 0.897. The summed E-state index contributed by atoms with van der Waals surface area (Å²) in [6.45, 7) is 6.20. The van der Waals surface area contributed by atoms with E-state index in [9.17, 15) is 4.79 Å². The van der Waals surface area contributed by atoms with Crippen molar-refractivity contribution in [2.24, 2.45) is 5.92 Å². The van der Waals surface area contributed by atoms with Gasteiger partial charge in [0.25, 0.3) is 0 Å². The highest BCUT2D eigenvalue weighted by atomic mass is 16.5. The van der Waals surface area contributed by atoms with Gasteiger partial charge in [0.15, 0.2) is 5.82 Å². The minimum absolute atomic E-state index is 0.0225. The predicted octanol–water partition coefficient (Wildman–Crippen LogP) is 2.55. The van der Waals surface area contributed by atoms with Gasteiger partial charge in [-0.05, 0) is 30.9 Å². The van der Waals surface area contributed by atoms with Crippen molar-refractivity contribution in [1.82, 2.24) is 25.3 Å². The summed E-state index contributed by atoms with van der Waals surface area (Å²) in [7, 11) is 0. The fraction of sp³-hybridized carbons (Fsp3) is 0.579. The minimum Gasteiger partial charge on any atom is -0.370 e. The number of hydrogen-bond donors (Lipinski definition) is 1. The van der Waals surface area contributed by atoms with Crippen LogP contribution in [0.15, 0.2) is 28.9 Å². The zero-order valence-corrected chi connectivity index (χ0v) is 15.9. The number of rotatable bonds is 7. The molecule has 1 atom stereocenters. The summed E-state index contributed by atoms with van der Waals surface area (Å²) in [4.78, 5) is 22.8. The summed E-state index contributed by atoms with van der Waals surface area (Å²) in [6.07, 6.45) is 4.38. The van der Waals surface area contributed by atoms with Gasteiger partial charge in [0, 0.05) is 25.7 Å². The standard InChI is InChI=1S/C19H27N5O3/c1-14(2)10-18-22-17(23-27-18)11-21-19(25)24-9-5-7-16(12-24)26-13-15-6-3-4-8-20-15/h3-4,6,8,14,16H,5,7,9-13H2,1-2H3,(H,21,25)/t16-/m0/s1. The number of pyridine rings is 1. The lowest BCUT2D eigenvalue weighted by atomic mass is 10.1. The molecule has 8 heteroatoms. The molecule has 0 aliphatic carbocycles. The van der Waals surface area contributed by atoms with Gasteiger partial charge in [0.2, 0.25) is 5.89 Å². The van der Waals surface area contributed by atoms with Gasteiger partial charge in [0.1, 0.15) is 0 Å². The van der Waals surface area contributed by atoms with E-state index in [-0.39, 0.29) is 18.7 Å². The number of likely N-dealkylation sites (tertiary alicyclic amines) is 1. The normalized spacial score (nSPS) is 17.3. The van der Waals surface area contributed by atoms with Crippen LogP contribution < -0.4 is 5.32 Å². The van der Waals surface area contributed by atoms with E-state index in [1.807, 2.05) is 18.2 Å². The zero-order chi connectivity index (χ0) is 19.1. The summed E-state index contributed by atoms with van der Waals surface area (Å²) in [5.74, 6) is 1.55. The van der Waals surface area contributed by atoms with Crippen LogP contribution in [0.25, 0.3) is 0 Å². The third-order valence-electron chi connectivity index (χ3n) is 4.35. The van der Waals surface area contributed by atoms with Crippen molar-refractivity contribution in [1.29, 1.82) is 0 Å². The lowest BCUT2D eigenvalue weighted by Gasteiger charge is -2.32. The first-order valence-corrected chi connectivity index (χ1v) is 9.46. The van der Waals surface area contributed by atoms with Crippen molar-refractivity contribution in [2.45, 2.75) is 52.4 Å². The third kappa shape index (κ3) is 6.02. The van der Waals surface area contributed by atoms with Crippen molar-refractivity contribution in [3.05, 3.63) is 41.8 Å². The van der Waals surface area contributed by atoms with Crippen LogP contribution in [0.3, 0.4) is 0 Å². The number of amides is 2. The maximum atomic E-state index is 12.4. The van der Waals surface area contributed by atoms with Crippen LogP contribution in [-0.4, -0.2) is 45.2 Å². The maximum Gasteiger partial charge on any atom is 0.317 e. The quantitative estimate of drug-likeness (QED) is 0.802. The predicted molar refractivity (Wildman–Crippen MR) is 98.7 cm³/mol. The van der Waals surface area contributed by atoms with Crippen LogP contribution in [0.2, 0.25) is 0 Å². The second-order valence-corrected chi connectivity index (χ2v) is 7.20. The highest BCUT2D eigenvalue weighted by Gasteiger charge is 2.24. The number of piperidine rings is 1. The van der Waals surface area contributed by atoms with E-state index >= 15 is 0 Å². The maximum absolute atomic E-state index is 12.4. The number of urea groups is 1. The second kappa shape index (κ2) is 9.45. The smallest absolute Gasteiger partial charge is 0.317 e. The lowest BCUT2D eigenvalue weighted by molar-refractivity contribution is -0.00169. The average Bonchev–Trinajstić information content (AvgIpc) is 3.12. The highest BCUT2D eigenvalue weighted by Crippen LogP contribution is 2.15. The molecule has 3 heterocycles. The monoisotopic (exact) mass is 373 g/mol. The summed E-state index contributed by atoms with van der Waals surface area (Å²) >= 11 is 0. The Kier molecular flexibility index (Phi) is 6.75. The zero-order valence-electron chi connectivity index (χ0n) is 15.9. The summed E-state index contributed by atoms with van der Waals surface area (Å²) in [6, 6.07) is 5.63. The van der Waals surface area contributed by atoms with Crippen molar-refractivity contribution in [2.75, 3.05) is 13.1 Å². The van der Waals surface area contributed by atoms with Crippen molar-refractivity contribution < 1.29 is 14.1 Å². The minimum atomic E-state index is -0.128. The van der Waals surface area contributed by atoms with Crippen LogP contribution in [-0.2, 0) is 24.3 Å². The molecule has 146 valence electrons. The molecule has 2 aromatic heterocycles. The molecule has 1 aliphatic rings. The van der Waals surface area contributed by atoms with E-state index in [0.717, 1.165) is 31.5 Å². The fourth-order valence-electron chi connectivity index (χ4n) is 3.01. The Morgan fingerprint density at radius 1 is 1.44 bits per heavy atom. The highest BCUT2D eigenvalue weighted by molar-refractivity contribution is 5.74. The Morgan fingerprint density at radius 2 is 2.33 bits per heavy atom. The molecule has 0 aromatic carbocycles. The third-order valence-corrected chi connectivity index (χ3v) is 4.35. The molecule has 2 aromatic rings. The number of aromatic nitrogens is 3. The van der Waals surface area contributed by atoms with Crippen molar-refractivity contribution in [3.8, 4) is 0 Å². The molecule has 1 fully saturated rings. The molecular formula is C19H27N5O3. The van der Waals surface area contributed by atoms with E-state index in [1.165, 1.54) is 0 Å². The first kappa shape index (κ1) is 19.3. The fourth-order valence-corrected chi connectivity index (χ4v) is 3.01. The van der Waals surface area contributed by atoms with Crippen LogP contribution in [0, 0.1) is 5.92 Å². The van der Waals surface area contributed by atoms with Gasteiger partial charge >= 0.3 is 6.03 Å². The molecule has 1 aliphatic heterocycles. The first-order chi connectivity index (χ1) is 13.1. The number of carbonyl (C=O) groups excluding carboxylic acids is 1. The molecule has 0 bridgehead atoms. The first-order valence-electron chi connectivity index (χ1n) is 9.46. The molecule has 1 saturated heterocycles. The average molecular weight is 373 g/mol. The van der Waals surface area contributed by atoms with Gasteiger partial charge < -0.3 is 19.5 Å². The number of carbonyl (C=O) groups is 1. The molecular weight excluding hydrogens is 346 g/mol. The van der Waals surface area contributed by atoms with Crippen molar-refractivity contribution >= 4 is 6.03 Å². The topological polar surface area (TPSA) is 93.4 Å². The van der Waals surface area contributed by atoms with Crippen LogP contribution in [0.4, 0.5) is 4.79 Å². The molecule has 0 saturated carbocycles. The van der Waals surface area contributed by atoms with E-state index in [1.54, 1.807) is 11.1 Å².